The monoisotopic (exact) mass is 401 g/mol. The predicted molar refractivity (Wildman–Crippen MR) is 91.2 cm³/mol. The summed E-state index contributed by atoms with van der Waals surface area (Å²) in [5.74, 6) is -0.710. The Bertz CT molecular complexity index is 853. The third-order valence-corrected chi connectivity index (χ3v) is 5.54. The molecule has 0 atom stereocenters. The molecule has 0 unspecified atom stereocenters. The molecule has 0 radical (unpaired) electrons. The standard InChI is InChI=1S/C16H18F3N5O2S/c1-9-6-12(16(17,18)19)22-24(9)7-13(25)23-4-2-10(3-5-23)15-21-11(8-27-15)14(20)26/h6,8,10H,2-5,7H2,1H3,(H2,20,26). The molecule has 2 aromatic heterocycles. The van der Waals surface area contributed by atoms with Crippen molar-refractivity contribution in [2.45, 2.75) is 38.4 Å². The van der Waals surface area contributed by atoms with Crippen LogP contribution in [-0.2, 0) is 17.5 Å². The van der Waals surface area contributed by atoms with Crippen molar-refractivity contribution in [3.8, 4) is 0 Å². The fraction of sp³-hybridized carbons (Fsp3) is 0.500. The molecule has 0 aromatic carbocycles. The van der Waals surface area contributed by atoms with Gasteiger partial charge in [-0.1, -0.05) is 0 Å². The third-order valence-electron chi connectivity index (χ3n) is 4.53. The highest BCUT2D eigenvalue weighted by Crippen LogP contribution is 2.31. The van der Waals surface area contributed by atoms with Gasteiger partial charge in [0.1, 0.15) is 12.2 Å². The summed E-state index contributed by atoms with van der Waals surface area (Å²) in [4.78, 5) is 29.4. The van der Waals surface area contributed by atoms with E-state index in [0.717, 1.165) is 15.8 Å². The van der Waals surface area contributed by atoms with E-state index in [1.54, 1.807) is 10.3 Å². The Morgan fingerprint density at radius 2 is 2.00 bits per heavy atom. The Morgan fingerprint density at radius 3 is 2.52 bits per heavy atom. The van der Waals surface area contributed by atoms with E-state index in [2.05, 4.69) is 10.1 Å². The minimum atomic E-state index is -4.53. The lowest BCUT2D eigenvalue weighted by Gasteiger charge is -2.31. The maximum atomic E-state index is 12.7. The molecule has 2 amide bonds. The zero-order chi connectivity index (χ0) is 19.8. The van der Waals surface area contributed by atoms with Crippen LogP contribution in [0.25, 0.3) is 0 Å². The van der Waals surface area contributed by atoms with Gasteiger partial charge < -0.3 is 10.6 Å². The second-order valence-electron chi connectivity index (χ2n) is 6.42. The van der Waals surface area contributed by atoms with E-state index in [1.807, 2.05) is 0 Å². The quantitative estimate of drug-likeness (QED) is 0.850. The number of likely N-dealkylation sites (tertiary alicyclic amines) is 1. The van der Waals surface area contributed by atoms with Gasteiger partial charge in [0.05, 0.1) is 5.01 Å². The molecule has 27 heavy (non-hydrogen) atoms. The summed E-state index contributed by atoms with van der Waals surface area (Å²) in [5, 5.41) is 5.92. The van der Waals surface area contributed by atoms with Crippen LogP contribution in [0.15, 0.2) is 11.4 Å². The SMILES string of the molecule is Cc1cc(C(F)(F)F)nn1CC(=O)N1CCC(c2nc(C(N)=O)cs2)CC1. The van der Waals surface area contributed by atoms with Gasteiger partial charge >= 0.3 is 6.18 Å². The third kappa shape index (κ3) is 4.29. The minimum absolute atomic E-state index is 0.135. The number of aryl methyl sites for hydroxylation is 1. The van der Waals surface area contributed by atoms with Gasteiger partial charge in [0.25, 0.3) is 5.91 Å². The second kappa shape index (κ2) is 7.29. The average molecular weight is 401 g/mol. The summed E-state index contributed by atoms with van der Waals surface area (Å²) in [6, 6.07) is 0.929. The van der Waals surface area contributed by atoms with Crippen LogP contribution in [0, 0.1) is 6.92 Å². The fourth-order valence-corrected chi connectivity index (χ4v) is 3.98. The Kier molecular flexibility index (Phi) is 5.22. The summed E-state index contributed by atoms with van der Waals surface area (Å²) in [6.07, 6.45) is -3.19. The number of hydrogen-bond acceptors (Lipinski definition) is 5. The lowest BCUT2D eigenvalue weighted by Crippen LogP contribution is -2.40. The highest BCUT2D eigenvalue weighted by atomic mass is 32.1. The summed E-state index contributed by atoms with van der Waals surface area (Å²) >= 11 is 1.37. The molecule has 146 valence electrons. The highest BCUT2D eigenvalue weighted by Gasteiger charge is 2.35. The van der Waals surface area contributed by atoms with Gasteiger partial charge in [-0.15, -0.1) is 11.3 Å². The molecule has 7 nitrogen and oxygen atoms in total. The molecule has 1 fully saturated rings. The summed E-state index contributed by atoms with van der Waals surface area (Å²) in [5.41, 5.74) is 4.73. The number of alkyl halides is 3. The first-order valence-electron chi connectivity index (χ1n) is 8.30. The topological polar surface area (TPSA) is 94.1 Å². The smallest absolute Gasteiger partial charge is 0.364 e. The Balaban J connectivity index is 1.58. The molecule has 0 bridgehead atoms. The molecule has 2 aromatic rings. The molecule has 2 N–H and O–H groups in total. The summed E-state index contributed by atoms with van der Waals surface area (Å²) in [7, 11) is 0. The molecule has 1 aliphatic rings. The first-order chi connectivity index (χ1) is 12.6. The van der Waals surface area contributed by atoms with E-state index >= 15 is 0 Å². The number of amides is 2. The van der Waals surface area contributed by atoms with Gasteiger partial charge in [0, 0.05) is 30.1 Å². The van der Waals surface area contributed by atoms with E-state index in [4.69, 9.17) is 5.73 Å². The zero-order valence-corrected chi connectivity index (χ0v) is 15.3. The molecule has 3 heterocycles. The summed E-state index contributed by atoms with van der Waals surface area (Å²) < 4.78 is 39.3. The van der Waals surface area contributed by atoms with Gasteiger partial charge in [0.2, 0.25) is 5.91 Å². The number of carbonyl (C=O) groups is 2. The van der Waals surface area contributed by atoms with Crippen LogP contribution >= 0.6 is 11.3 Å². The van der Waals surface area contributed by atoms with Crippen molar-refractivity contribution in [3.63, 3.8) is 0 Å². The molecule has 3 rings (SSSR count). The lowest BCUT2D eigenvalue weighted by atomic mass is 9.97. The van der Waals surface area contributed by atoms with Gasteiger partial charge in [-0.05, 0) is 25.8 Å². The Morgan fingerprint density at radius 1 is 1.33 bits per heavy atom. The van der Waals surface area contributed by atoms with Crippen molar-refractivity contribution >= 4 is 23.2 Å². The number of nitrogens with zero attached hydrogens (tertiary/aromatic N) is 4. The maximum absolute atomic E-state index is 12.7. The molecule has 11 heteroatoms. The molecular weight excluding hydrogens is 383 g/mol. The minimum Gasteiger partial charge on any atom is -0.364 e. The normalized spacial score (nSPS) is 15.9. The predicted octanol–water partition coefficient (Wildman–Crippen LogP) is 2.17. The lowest BCUT2D eigenvalue weighted by molar-refractivity contribution is -0.142. The zero-order valence-electron chi connectivity index (χ0n) is 14.5. The largest absolute Gasteiger partial charge is 0.435 e. The number of carbonyl (C=O) groups excluding carboxylic acids is 2. The number of piperidine rings is 1. The Hall–Kier alpha value is -2.43. The van der Waals surface area contributed by atoms with Crippen LogP contribution in [0.1, 0.15) is 45.6 Å². The molecule has 1 saturated heterocycles. The number of aromatic nitrogens is 3. The number of hydrogen-bond donors (Lipinski definition) is 1. The number of primary amides is 1. The van der Waals surface area contributed by atoms with E-state index < -0.39 is 17.8 Å². The van der Waals surface area contributed by atoms with E-state index in [1.165, 1.54) is 18.3 Å². The number of halogens is 3. The highest BCUT2D eigenvalue weighted by molar-refractivity contribution is 7.09. The van der Waals surface area contributed by atoms with Crippen molar-refractivity contribution in [3.05, 3.63) is 33.5 Å². The Labute approximate surface area is 157 Å². The van der Waals surface area contributed by atoms with Crippen LogP contribution in [-0.4, -0.2) is 44.6 Å². The average Bonchev–Trinajstić information content (AvgIpc) is 3.22. The first-order valence-corrected chi connectivity index (χ1v) is 9.17. The van der Waals surface area contributed by atoms with Crippen molar-refractivity contribution in [1.82, 2.24) is 19.7 Å². The summed E-state index contributed by atoms with van der Waals surface area (Å²) in [6.45, 7) is 2.21. The van der Waals surface area contributed by atoms with Crippen LogP contribution < -0.4 is 5.73 Å². The molecule has 0 spiro atoms. The van der Waals surface area contributed by atoms with Crippen molar-refractivity contribution in [2.75, 3.05) is 13.1 Å². The first kappa shape index (κ1) is 19.3. The van der Waals surface area contributed by atoms with E-state index in [9.17, 15) is 22.8 Å². The molecular formula is C16H18F3N5O2S. The van der Waals surface area contributed by atoms with Crippen molar-refractivity contribution in [2.24, 2.45) is 5.73 Å². The van der Waals surface area contributed by atoms with Gasteiger partial charge in [-0.2, -0.15) is 18.3 Å². The van der Waals surface area contributed by atoms with Crippen molar-refractivity contribution < 1.29 is 22.8 Å². The fourth-order valence-electron chi connectivity index (χ4n) is 3.00. The molecule has 1 aliphatic heterocycles. The van der Waals surface area contributed by atoms with Crippen LogP contribution in [0.5, 0.6) is 0 Å². The van der Waals surface area contributed by atoms with Crippen LogP contribution in [0.3, 0.4) is 0 Å². The van der Waals surface area contributed by atoms with Crippen LogP contribution in [0.4, 0.5) is 13.2 Å². The van der Waals surface area contributed by atoms with E-state index in [0.29, 0.717) is 25.9 Å². The van der Waals surface area contributed by atoms with E-state index in [-0.39, 0.29) is 29.8 Å². The molecule has 0 aliphatic carbocycles. The van der Waals surface area contributed by atoms with Crippen LogP contribution in [0.2, 0.25) is 0 Å². The van der Waals surface area contributed by atoms with Crippen molar-refractivity contribution in [1.29, 1.82) is 0 Å². The van der Waals surface area contributed by atoms with Gasteiger partial charge in [0.15, 0.2) is 5.69 Å². The maximum Gasteiger partial charge on any atom is 0.435 e. The van der Waals surface area contributed by atoms with Gasteiger partial charge in [-0.3, -0.25) is 14.3 Å². The molecule has 0 saturated carbocycles. The second-order valence-corrected chi connectivity index (χ2v) is 7.31. The number of thiazole rings is 1. The number of rotatable bonds is 4. The number of nitrogens with two attached hydrogens (primary N) is 1. The van der Waals surface area contributed by atoms with Gasteiger partial charge in [-0.25, -0.2) is 4.98 Å².